The molecule has 1 rings (SSSR count). The lowest BCUT2D eigenvalue weighted by Crippen LogP contribution is -2.40. The Labute approximate surface area is 77.8 Å². The zero-order valence-corrected chi connectivity index (χ0v) is 7.84. The molecule has 13 heavy (non-hydrogen) atoms. The highest BCUT2D eigenvalue weighted by atomic mass is 16.5. The summed E-state index contributed by atoms with van der Waals surface area (Å²) in [4.78, 5) is 23.0. The summed E-state index contributed by atoms with van der Waals surface area (Å²) in [7, 11) is 1.30. The third-order valence-corrected chi connectivity index (χ3v) is 2.62. The van der Waals surface area contributed by atoms with Crippen molar-refractivity contribution >= 4 is 11.8 Å². The molecule has 1 unspecified atom stereocenters. The SMILES string of the molecule is C=CC1(C(=O)OC)CCCCC1=O. The average Bonchev–Trinajstić information content (AvgIpc) is 2.18. The highest BCUT2D eigenvalue weighted by Crippen LogP contribution is 2.35. The van der Waals surface area contributed by atoms with Crippen LogP contribution >= 0.6 is 0 Å². The van der Waals surface area contributed by atoms with Gasteiger partial charge in [0.1, 0.15) is 5.41 Å². The van der Waals surface area contributed by atoms with Crippen molar-refractivity contribution in [1.29, 1.82) is 0 Å². The molecule has 1 atom stereocenters. The van der Waals surface area contributed by atoms with Crippen molar-refractivity contribution in [2.45, 2.75) is 25.7 Å². The normalized spacial score (nSPS) is 28.2. The van der Waals surface area contributed by atoms with E-state index in [2.05, 4.69) is 11.3 Å². The number of hydrogen-bond donors (Lipinski definition) is 0. The molecule has 1 saturated carbocycles. The highest BCUT2D eigenvalue weighted by molar-refractivity contribution is 6.06. The van der Waals surface area contributed by atoms with Gasteiger partial charge >= 0.3 is 5.97 Å². The van der Waals surface area contributed by atoms with Crippen LogP contribution in [0.1, 0.15) is 25.7 Å². The van der Waals surface area contributed by atoms with E-state index in [1.165, 1.54) is 13.2 Å². The number of ketones is 1. The van der Waals surface area contributed by atoms with Crippen LogP contribution in [-0.4, -0.2) is 18.9 Å². The number of hydrogen-bond acceptors (Lipinski definition) is 3. The Hall–Kier alpha value is -1.12. The summed E-state index contributed by atoms with van der Waals surface area (Å²) < 4.78 is 4.62. The quantitative estimate of drug-likeness (QED) is 0.369. The molecule has 1 fully saturated rings. The molecule has 0 heterocycles. The van der Waals surface area contributed by atoms with Crippen molar-refractivity contribution in [3.05, 3.63) is 12.7 Å². The molecule has 1 aliphatic carbocycles. The van der Waals surface area contributed by atoms with Gasteiger partial charge < -0.3 is 4.74 Å². The molecule has 0 aromatic rings. The van der Waals surface area contributed by atoms with Crippen LogP contribution in [0.5, 0.6) is 0 Å². The summed E-state index contributed by atoms with van der Waals surface area (Å²) in [6.07, 6.45) is 4.18. The Morgan fingerprint density at radius 2 is 2.31 bits per heavy atom. The number of rotatable bonds is 2. The number of carbonyl (C=O) groups excluding carboxylic acids is 2. The predicted molar refractivity (Wildman–Crippen MR) is 48.1 cm³/mol. The van der Waals surface area contributed by atoms with Crippen molar-refractivity contribution in [1.82, 2.24) is 0 Å². The average molecular weight is 182 g/mol. The van der Waals surface area contributed by atoms with E-state index in [0.29, 0.717) is 12.8 Å². The maximum atomic E-state index is 11.6. The third kappa shape index (κ3) is 1.50. The van der Waals surface area contributed by atoms with E-state index < -0.39 is 11.4 Å². The summed E-state index contributed by atoms with van der Waals surface area (Å²) in [6.45, 7) is 3.55. The smallest absolute Gasteiger partial charge is 0.323 e. The van der Waals surface area contributed by atoms with Gasteiger partial charge in [-0.25, -0.2) is 0 Å². The van der Waals surface area contributed by atoms with Gasteiger partial charge in [-0.1, -0.05) is 12.5 Å². The van der Waals surface area contributed by atoms with Crippen LogP contribution in [0.15, 0.2) is 12.7 Å². The minimum absolute atomic E-state index is 0.0550. The predicted octanol–water partition coefficient (Wildman–Crippen LogP) is 1.47. The molecular formula is C10H14O3. The van der Waals surface area contributed by atoms with Gasteiger partial charge in [0.2, 0.25) is 0 Å². The van der Waals surface area contributed by atoms with Crippen molar-refractivity contribution in [3.63, 3.8) is 0 Å². The highest BCUT2D eigenvalue weighted by Gasteiger charge is 2.44. The van der Waals surface area contributed by atoms with Crippen LogP contribution in [0.25, 0.3) is 0 Å². The first-order valence-corrected chi connectivity index (χ1v) is 4.42. The second kappa shape index (κ2) is 3.73. The molecule has 72 valence electrons. The number of esters is 1. The summed E-state index contributed by atoms with van der Waals surface area (Å²) >= 11 is 0. The molecule has 0 bridgehead atoms. The van der Waals surface area contributed by atoms with Crippen LogP contribution in [0.3, 0.4) is 0 Å². The van der Waals surface area contributed by atoms with Gasteiger partial charge in [-0.05, 0) is 12.8 Å². The van der Waals surface area contributed by atoms with Gasteiger partial charge in [0.25, 0.3) is 0 Å². The molecule has 0 aromatic heterocycles. The molecule has 3 heteroatoms. The molecule has 0 aliphatic heterocycles. The minimum atomic E-state index is -1.05. The number of Topliss-reactive ketones (excluding diaryl/α,β-unsaturated/α-hetero) is 1. The Morgan fingerprint density at radius 1 is 1.62 bits per heavy atom. The number of methoxy groups -OCH3 is 1. The molecule has 0 N–H and O–H groups in total. The lowest BCUT2D eigenvalue weighted by molar-refractivity contribution is -0.156. The van der Waals surface area contributed by atoms with Crippen molar-refractivity contribution in [3.8, 4) is 0 Å². The lowest BCUT2D eigenvalue weighted by Gasteiger charge is -2.29. The van der Waals surface area contributed by atoms with E-state index in [1.807, 2.05) is 0 Å². The van der Waals surface area contributed by atoms with Crippen molar-refractivity contribution < 1.29 is 14.3 Å². The van der Waals surface area contributed by atoms with Gasteiger partial charge in [0.15, 0.2) is 5.78 Å². The van der Waals surface area contributed by atoms with E-state index in [-0.39, 0.29) is 5.78 Å². The Kier molecular flexibility index (Phi) is 2.86. The monoisotopic (exact) mass is 182 g/mol. The van der Waals surface area contributed by atoms with Gasteiger partial charge in [-0.2, -0.15) is 0 Å². The Balaban J connectivity index is 2.95. The molecular weight excluding hydrogens is 168 g/mol. The second-order valence-electron chi connectivity index (χ2n) is 3.30. The molecule has 1 aliphatic rings. The topological polar surface area (TPSA) is 43.4 Å². The fraction of sp³-hybridized carbons (Fsp3) is 0.600. The maximum Gasteiger partial charge on any atom is 0.323 e. The Bertz CT molecular complexity index is 235. The summed E-state index contributed by atoms with van der Waals surface area (Å²) in [5, 5.41) is 0. The molecule has 0 spiro atoms. The van der Waals surface area contributed by atoms with E-state index >= 15 is 0 Å². The van der Waals surface area contributed by atoms with E-state index in [4.69, 9.17) is 0 Å². The first kappa shape index (κ1) is 9.96. The Morgan fingerprint density at radius 3 is 2.77 bits per heavy atom. The third-order valence-electron chi connectivity index (χ3n) is 2.62. The molecule has 0 saturated heterocycles. The van der Waals surface area contributed by atoms with Crippen LogP contribution in [0.4, 0.5) is 0 Å². The lowest BCUT2D eigenvalue weighted by atomic mass is 9.73. The van der Waals surface area contributed by atoms with Gasteiger partial charge in [0.05, 0.1) is 7.11 Å². The zero-order valence-electron chi connectivity index (χ0n) is 7.84. The van der Waals surface area contributed by atoms with E-state index in [1.54, 1.807) is 0 Å². The summed E-state index contributed by atoms with van der Waals surface area (Å²) in [5.41, 5.74) is -1.05. The zero-order chi connectivity index (χ0) is 9.90. The molecule has 0 radical (unpaired) electrons. The second-order valence-corrected chi connectivity index (χ2v) is 3.30. The van der Waals surface area contributed by atoms with Crippen molar-refractivity contribution in [2.24, 2.45) is 5.41 Å². The van der Waals surface area contributed by atoms with E-state index in [9.17, 15) is 9.59 Å². The van der Waals surface area contributed by atoms with E-state index in [0.717, 1.165) is 12.8 Å². The van der Waals surface area contributed by atoms with Gasteiger partial charge in [-0.15, -0.1) is 6.58 Å². The minimum Gasteiger partial charge on any atom is -0.468 e. The van der Waals surface area contributed by atoms with Crippen LogP contribution < -0.4 is 0 Å². The molecule has 3 nitrogen and oxygen atoms in total. The summed E-state index contributed by atoms with van der Waals surface area (Å²) in [6, 6.07) is 0. The standard InChI is InChI=1S/C10H14O3/c1-3-10(9(12)13-2)7-5-4-6-8(10)11/h3H,1,4-7H2,2H3. The fourth-order valence-corrected chi connectivity index (χ4v) is 1.75. The molecule has 0 aromatic carbocycles. The first-order chi connectivity index (χ1) is 6.17. The first-order valence-electron chi connectivity index (χ1n) is 4.42. The number of carbonyl (C=O) groups is 2. The number of ether oxygens (including phenoxy) is 1. The van der Waals surface area contributed by atoms with Crippen LogP contribution in [0, 0.1) is 5.41 Å². The maximum absolute atomic E-state index is 11.6. The molecule has 0 amide bonds. The van der Waals surface area contributed by atoms with Crippen LogP contribution in [-0.2, 0) is 14.3 Å². The van der Waals surface area contributed by atoms with Gasteiger partial charge in [0, 0.05) is 6.42 Å². The largest absolute Gasteiger partial charge is 0.468 e. The fourth-order valence-electron chi connectivity index (χ4n) is 1.75. The van der Waals surface area contributed by atoms with Crippen molar-refractivity contribution in [2.75, 3.05) is 7.11 Å². The van der Waals surface area contributed by atoms with Gasteiger partial charge in [-0.3, -0.25) is 9.59 Å². The summed E-state index contributed by atoms with van der Waals surface area (Å²) in [5.74, 6) is -0.521. The van der Waals surface area contributed by atoms with Crippen LogP contribution in [0.2, 0.25) is 0 Å².